The zero-order chi connectivity index (χ0) is 21.4. The molecule has 0 bridgehead atoms. The first-order valence-electron chi connectivity index (χ1n) is 11.0. The Morgan fingerprint density at radius 3 is 2.31 bits per heavy atom. The standard InChI is InChI=1S/C23H33FO5/c1-13(25)23(29-14(2)26)10-7-18-16-11-19(24)22(28)12-15(27)5-8-20(22,3)17(16)6-9-21(18,23)4/h16-19,28H,5-12H2,1-4H3/t16?,17?,18?,19?,20?,21?,22-,23-/m0/s1. The van der Waals surface area contributed by atoms with Gasteiger partial charge in [0.2, 0.25) is 0 Å². The molecule has 0 aromatic heterocycles. The maximum absolute atomic E-state index is 15.5. The van der Waals surface area contributed by atoms with Gasteiger partial charge in [-0.3, -0.25) is 14.4 Å². The number of Topliss-reactive ketones (excluding diaryl/α,β-unsaturated/α-hetero) is 2. The Kier molecular flexibility index (Phi) is 4.59. The Labute approximate surface area is 171 Å². The van der Waals surface area contributed by atoms with Crippen LogP contribution in [-0.4, -0.2) is 40.0 Å². The van der Waals surface area contributed by atoms with Gasteiger partial charge in [-0.2, -0.15) is 0 Å². The fourth-order valence-electron chi connectivity index (χ4n) is 8.08. The zero-order valence-corrected chi connectivity index (χ0v) is 17.9. The molecule has 29 heavy (non-hydrogen) atoms. The van der Waals surface area contributed by atoms with Crippen LogP contribution in [0.4, 0.5) is 4.39 Å². The molecule has 0 aromatic carbocycles. The van der Waals surface area contributed by atoms with Gasteiger partial charge in [0.1, 0.15) is 17.6 Å². The predicted octanol–water partition coefficient (Wildman–Crippen LogP) is 3.55. The molecule has 1 N–H and O–H groups in total. The molecule has 0 amide bonds. The first kappa shape index (κ1) is 21.0. The van der Waals surface area contributed by atoms with Crippen LogP contribution in [0.25, 0.3) is 0 Å². The summed E-state index contributed by atoms with van der Waals surface area (Å²) in [6.07, 6.45) is 2.18. The number of aliphatic hydroxyl groups is 1. The average molecular weight is 409 g/mol. The van der Waals surface area contributed by atoms with Crippen LogP contribution in [0.5, 0.6) is 0 Å². The van der Waals surface area contributed by atoms with E-state index in [-0.39, 0.29) is 42.2 Å². The first-order chi connectivity index (χ1) is 13.4. The summed E-state index contributed by atoms with van der Waals surface area (Å²) in [5.41, 5.74) is -3.91. The molecule has 6 unspecified atom stereocenters. The number of alkyl halides is 1. The summed E-state index contributed by atoms with van der Waals surface area (Å²) in [5, 5.41) is 11.3. The summed E-state index contributed by atoms with van der Waals surface area (Å²) in [6.45, 7) is 6.83. The largest absolute Gasteiger partial charge is 0.451 e. The third kappa shape index (κ3) is 2.50. The van der Waals surface area contributed by atoms with E-state index < -0.39 is 34.2 Å². The summed E-state index contributed by atoms with van der Waals surface area (Å²) >= 11 is 0. The van der Waals surface area contributed by atoms with E-state index in [9.17, 15) is 19.5 Å². The van der Waals surface area contributed by atoms with Gasteiger partial charge in [-0.1, -0.05) is 13.8 Å². The molecule has 4 rings (SSSR count). The molecule has 0 aliphatic heterocycles. The molecular weight excluding hydrogens is 375 g/mol. The second kappa shape index (κ2) is 6.35. The van der Waals surface area contributed by atoms with Crippen molar-refractivity contribution in [3.63, 3.8) is 0 Å². The Morgan fingerprint density at radius 2 is 1.69 bits per heavy atom. The molecule has 0 spiro atoms. The molecular formula is C23H33FO5. The fraction of sp³-hybridized carbons (Fsp3) is 0.870. The van der Waals surface area contributed by atoms with Crippen molar-refractivity contribution in [3.8, 4) is 0 Å². The summed E-state index contributed by atoms with van der Waals surface area (Å²) in [7, 11) is 0. The molecule has 4 saturated carbocycles. The van der Waals surface area contributed by atoms with Gasteiger partial charge in [-0.15, -0.1) is 0 Å². The predicted molar refractivity (Wildman–Crippen MR) is 104 cm³/mol. The van der Waals surface area contributed by atoms with Crippen molar-refractivity contribution in [2.45, 2.75) is 96.4 Å². The van der Waals surface area contributed by atoms with Crippen LogP contribution >= 0.6 is 0 Å². The lowest BCUT2D eigenvalue weighted by atomic mass is 9.42. The molecule has 0 aromatic rings. The van der Waals surface area contributed by atoms with Crippen molar-refractivity contribution >= 4 is 17.5 Å². The van der Waals surface area contributed by atoms with Crippen LogP contribution in [0.15, 0.2) is 0 Å². The Morgan fingerprint density at radius 1 is 1.07 bits per heavy atom. The molecule has 162 valence electrons. The monoisotopic (exact) mass is 408 g/mol. The lowest BCUT2D eigenvalue weighted by Crippen LogP contribution is -2.68. The van der Waals surface area contributed by atoms with Crippen LogP contribution in [0.2, 0.25) is 0 Å². The maximum Gasteiger partial charge on any atom is 0.303 e. The number of fused-ring (bicyclic) bond motifs is 5. The zero-order valence-electron chi connectivity index (χ0n) is 17.9. The molecule has 4 aliphatic carbocycles. The van der Waals surface area contributed by atoms with E-state index in [0.717, 1.165) is 6.42 Å². The van der Waals surface area contributed by atoms with Crippen molar-refractivity contribution in [2.24, 2.45) is 28.6 Å². The number of carbonyl (C=O) groups excluding carboxylic acids is 3. The maximum atomic E-state index is 15.5. The third-order valence-electron chi connectivity index (χ3n) is 9.64. The van der Waals surface area contributed by atoms with Crippen LogP contribution in [0, 0.1) is 28.6 Å². The van der Waals surface area contributed by atoms with Crippen LogP contribution < -0.4 is 0 Å². The van der Waals surface area contributed by atoms with Gasteiger partial charge in [-0.25, -0.2) is 4.39 Å². The van der Waals surface area contributed by atoms with E-state index in [1.807, 2.05) is 13.8 Å². The number of ether oxygens (including phenoxy) is 1. The van der Waals surface area contributed by atoms with E-state index in [1.54, 1.807) is 0 Å². The van der Waals surface area contributed by atoms with Crippen molar-refractivity contribution in [3.05, 3.63) is 0 Å². The van der Waals surface area contributed by atoms with Gasteiger partial charge < -0.3 is 9.84 Å². The summed E-state index contributed by atoms with van der Waals surface area (Å²) < 4.78 is 21.2. The number of hydrogen-bond acceptors (Lipinski definition) is 5. The van der Waals surface area contributed by atoms with Crippen molar-refractivity contribution in [1.29, 1.82) is 0 Å². The molecule has 0 saturated heterocycles. The van der Waals surface area contributed by atoms with Crippen LogP contribution in [0.3, 0.4) is 0 Å². The second-order valence-corrected chi connectivity index (χ2v) is 10.6. The molecule has 0 radical (unpaired) electrons. The smallest absolute Gasteiger partial charge is 0.303 e. The number of rotatable bonds is 2. The number of halogens is 1. The Bertz CT molecular complexity index is 766. The molecule has 0 heterocycles. The van der Waals surface area contributed by atoms with E-state index in [2.05, 4.69) is 0 Å². The normalized spacial score (nSPS) is 51.6. The Hall–Kier alpha value is -1.30. The van der Waals surface area contributed by atoms with Crippen molar-refractivity contribution in [1.82, 2.24) is 0 Å². The van der Waals surface area contributed by atoms with E-state index in [1.165, 1.54) is 13.8 Å². The van der Waals surface area contributed by atoms with Gasteiger partial charge in [-0.05, 0) is 63.2 Å². The number of ketones is 2. The highest BCUT2D eigenvalue weighted by molar-refractivity contribution is 5.89. The summed E-state index contributed by atoms with van der Waals surface area (Å²) in [4.78, 5) is 36.7. The number of hydrogen-bond donors (Lipinski definition) is 1. The van der Waals surface area contributed by atoms with Gasteiger partial charge >= 0.3 is 5.97 Å². The number of carbonyl (C=O) groups is 3. The second-order valence-electron chi connectivity index (χ2n) is 10.6. The van der Waals surface area contributed by atoms with Gasteiger partial charge in [0.05, 0.1) is 0 Å². The highest BCUT2D eigenvalue weighted by atomic mass is 19.1. The minimum absolute atomic E-state index is 0.0130. The summed E-state index contributed by atoms with van der Waals surface area (Å²) in [6, 6.07) is 0. The Balaban J connectivity index is 1.73. The molecule has 4 fully saturated rings. The van der Waals surface area contributed by atoms with Gasteiger partial charge in [0.15, 0.2) is 11.4 Å². The highest BCUT2D eigenvalue weighted by Crippen LogP contribution is 2.69. The average Bonchev–Trinajstić information content (AvgIpc) is 2.91. The molecule has 8 atom stereocenters. The van der Waals surface area contributed by atoms with Gasteiger partial charge in [0.25, 0.3) is 0 Å². The van der Waals surface area contributed by atoms with Crippen molar-refractivity contribution < 1.29 is 28.6 Å². The SMILES string of the molecule is CC(=O)O[C@]1(C(C)=O)CCC2C3CC(F)[C@@]4(O)CC(=O)CCC4(C)C3CCC21C. The molecule has 5 nitrogen and oxygen atoms in total. The lowest BCUT2D eigenvalue weighted by Gasteiger charge is -2.64. The van der Waals surface area contributed by atoms with Crippen molar-refractivity contribution in [2.75, 3.05) is 0 Å². The quantitative estimate of drug-likeness (QED) is 0.707. The van der Waals surface area contributed by atoms with Crippen LogP contribution in [-0.2, 0) is 19.1 Å². The third-order valence-corrected chi connectivity index (χ3v) is 9.64. The molecule has 6 heteroatoms. The topological polar surface area (TPSA) is 80.7 Å². The molecule has 4 aliphatic rings. The lowest BCUT2D eigenvalue weighted by molar-refractivity contribution is -0.239. The fourth-order valence-corrected chi connectivity index (χ4v) is 8.08. The van der Waals surface area contributed by atoms with E-state index in [4.69, 9.17) is 4.74 Å². The number of esters is 1. The van der Waals surface area contributed by atoms with E-state index >= 15 is 4.39 Å². The summed E-state index contributed by atoms with van der Waals surface area (Å²) in [5.74, 6) is -0.470. The van der Waals surface area contributed by atoms with Gasteiger partial charge in [0, 0.05) is 30.6 Å². The first-order valence-corrected chi connectivity index (χ1v) is 11.0. The van der Waals surface area contributed by atoms with Crippen LogP contribution in [0.1, 0.15) is 79.1 Å². The van der Waals surface area contributed by atoms with E-state index in [0.29, 0.717) is 32.1 Å². The minimum Gasteiger partial charge on any atom is -0.451 e. The minimum atomic E-state index is -1.59. The highest BCUT2D eigenvalue weighted by Gasteiger charge is 2.72.